The molecule has 0 radical (unpaired) electrons. The zero-order valence-electron chi connectivity index (χ0n) is 16.2. The molecule has 3 nitrogen and oxygen atoms in total. The summed E-state index contributed by atoms with van der Waals surface area (Å²) >= 11 is 6.34. The van der Waals surface area contributed by atoms with Crippen LogP contribution < -0.4 is 5.32 Å². The van der Waals surface area contributed by atoms with Gasteiger partial charge in [-0.2, -0.15) is 18.3 Å². The van der Waals surface area contributed by atoms with Crippen LogP contribution in [0, 0.1) is 13.8 Å². The fraction of sp³-hybridized carbons (Fsp3) is 0.318. The molecular weight excluding hydrogens is 399 g/mol. The first kappa shape index (κ1) is 19.8. The molecule has 152 valence electrons. The Bertz CT molecular complexity index is 1070. The third-order valence-corrected chi connectivity index (χ3v) is 5.81. The summed E-state index contributed by atoms with van der Waals surface area (Å²) in [5, 5.41) is 8.45. The van der Waals surface area contributed by atoms with Gasteiger partial charge in [-0.25, -0.2) is 4.68 Å². The largest absolute Gasteiger partial charge is 0.416 e. The molecule has 0 amide bonds. The summed E-state index contributed by atoms with van der Waals surface area (Å²) in [6, 6.07) is 9.36. The minimum Gasteiger partial charge on any atom is -0.370 e. The van der Waals surface area contributed by atoms with E-state index in [-0.39, 0.29) is 5.02 Å². The molecular formula is C22H21ClF3N3. The van der Waals surface area contributed by atoms with E-state index in [2.05, 4.69) is 5.32 Å². The fourth-order valence-corrected chi connectivity index (χ4v) is 3.95. The standard InChI is InChI=1S/C22H21ClF3N3/c1-13-6-5-8-19(14(13)2)29-21-16(7-3-4-11-27-21)20(28-29)17-12-15(22(24,25)26)9-10-18(17)23/h5-6,8-10,12,27H,3-4,7,11H2,1-2H3. The maximum Gasteiger partial charge on any atom is 0.416 e. The molecule has 0 bridgehead atoms. The van der Waals surface area contributed by atoms with Gasteiger partial charge in [-0.15, -0.1) is 0 Å². The number of hydrogen-bond acceptors (Lipinski definition) is 2. The molecule has 0 aliphatic carbocycles. The van der Waals surface area contributed by atoms with E-state index in [0.29, 0.717) is 11.3 Å². The van der Waals surface area contributed by atoms with Crippen LogP contribution in [0.2, 0.25) is 5.02 Å². The van der Waals surface area contributed by atoms with E-state index >= 15 is 0 Å². The highest BCUT2D eigenvalue weighted by Gasteiger charge is 2.32. The monoisotopic (exact) mass is 419 g/mol. The zero-order chi connectivity index (χ0) is 20.8. The first-order valence-corrected chi connectivity index (χ1v) is 9.94. The molecule has 0 saturated heterocycles. The molecule has 1 aliphatic heterocycles. The van der Waals surface area contributed by atoms with Crippen molar-refractivity contribution in [1.82, 2.24) is 9.78 Å². The van der Waals surface area contributed by atoms with Gasteiger partial charge in [0.1, 0.15) is 5.82 Å². The maximum absolute atomic E-state index is 13.3. The van der Waals surface area contributed by atoms with Crippen molar-refractivity contribution in [1.29, 1.82) is 0 Å². The third-order valence-electron chi connectivity index (χ3n) is 5.48. The highest BCUT2D eigenvalue weighted by Crippen LogP contribution is 2.40. The summed E-state index contributed by atoms with van der Waals surface area (Å²) in [6.45, 7) is 4.84. The SMILES string of the molecule is Cc1cccc(-n2nc(-c3cc(C(F)(F)F)ccc3Cl)c3c2NCCCC3)c1C. The van der Waals surface area contributed by atoms with E-state index < -0.39 is 11.7 Å². The van der Waals surface area contributed by atoms with E-state index in [9.17, 15) is 13.2 Å². The average molecular weight is 420 g/mol. The lowest BCUT2D eigenvalue weighted by Gasteiger charge is -2.13. The highest BCUT2D eigenvalue weighted by molar-refractivity contribution is 6.33. The summed E-state index contributed by atoms with van der Waals surface area (Å²) in [4.78, 5) is 0. The van der Waals surface area contributed by atoms with Gasteiger partial charge in [0.15, 0.2) is 0 Å². The normalized spacial score (nSPS) is 14.3. The van der Waals surface area contributed by atoms with Crippen molar-refractivity contribution in [3.05, 3.63) is 63.7 Å². The minimum absolute atomic E-state index is 0.260. The van der Waals surface area contributed by atoms with Crippen LogP contribution in [0.4, 0.5) is 19.0 Å². The van der Waals surface area contributed by atoms with Gasteiger partial charge in [0.05, 0.1) is 22.0 Å². The fourth-order valence-electron chi connectivity index (χ4n) is 3.74. The number of aryl methyl sites for hydroxylation is 1. The van der Waals surface area contributed by atoms with Crippen LogP contribution in [0.5, 0.6) is 0 Å². The van der Waals surface area contributed by atoms with Gasteiger partial charge in [0.25, 0.3) is 0 Å². The molecule has 2 heterocycles. The molecule has 0 unspecified atom stereocenters. The summed E-state index contributed by atoms with van der Waals surface area (Å²) in [7, 11) is 0. The lowest BCUT2D eigenvalue weighted by molar-refractivity contribution is -0.137. The predicted octanol–water partition coefficient (Wildman–Crippen LogP) is 6.58. The number of benzene rings is 2. The van der Waals surface area contributed by atoms with Crippen LogP contribution in [0.15, 0.2) is 36.4 Å². The van der Waals surface area contributed by atoms with E-state index in [1.54, 1.807) is 0 Å². The van der Waals surface area contributed by atoms with Crippen LogP contribution in [-0.4, -0.2) is 16.3 Å². The molecule has 4 rings (SSSR count). The van der Waals surface area contributed by atoms with Gasteiger partial charge in [-0.05, 0) is 68.5 Å². The Hall–Kier alpha value is -2.47. The smallest absolute Gasteiger partial charge is 0.370 e. The Balaban J connectivity index is 1.97. The van der Waals surface area contributed by atoms with Crippen molar-refractivity contribution in [2.45, 2.75) is 39.3 Å². The summed E-state index contributed by atoms with van der Waals surface area (Å²) in [6.07, 6.45) is -1.79. The Morgan fingerprint density at radius 2 is 1.90 bits per heavy atom. The van der Waals surface area contributed by atoms with Gasteiger partial charge in [-0.3, -0.25) is 0 Å². The Kier molecular flexibility index (Phi) is 5.07. The quantitative estimate of drug-likeness (QED) is 0.508. The molecule has 0 fully saturated rings. The van der Waals surface area contributed by atoms with Crippen molar-refractivity contribution >= 4 is 17.4 Å². The van der Waals surface area contributed by atoms with E-state index in [1.807, 2.05) is 36.7 Å². The van der Waals surface area contributed by atoms with Crippen LogP contribution in [0.25, 0.3) is 16.9 Å². The van der Waals surface area contributed by atoms with Crippen molar-refractivity contribution in [3.8, 4) is 16.9 Å². The van der Waals surface area contributed by atoms with Crippen LogP contribution in [0.3, 0.4) is 0 Å². The molecule has 1 N–H and O–H groups in total. The predicted molar refractivity (Wildman–Crippen MR) is 110 cm³/mol. The number of nitrogens with one attached hydrogen (secondary N) is 1. The van der Waals surface area contributed by atoms with E-state index in [4.69, 9.17) is 16.7 Å². The number of rotatable bonds is 2. The topological polar surface area (TPSA) is 29.9 Å². The second kappa shape index (κ2) is 7.41. The molecule has 0 saturated carbocycles. The number of aromatic nitrogens is 2. The number of fused-ring (bicyclic) bond motifs is 1. The van der Waals surface area contributed by atoms with Gasteiger partial charge in [0.2, 0.25) is 0 Å². The van der Waals surface area contributed by atoms with Crippen molar-refractivity contribution in [3.63, 3.8) is 0 Å². The highest BCUT2D eigenvalue weighted by atomic mass is 35.5. The van der Waals surface area contributed by atoms with Gasteiger partial charge in [0, 0.05) is 17.7 Å². The number of nitrogens with zero attached hydrogens (tertiary/aromatic N) is 2. The summed E-state index contributed by atoms with van der Waals surface area (Å²) < 4.78 is 41.7. The number of hydrogen-bond donors (Lipinski definition) is 1. The Morgan fingerprint density at radius 1 is 1.10 bits per heavy atom. The molecule has 1 aromatic heterocycles. The maximum atomic E-state index is 13.3. The van der Waals surface area contributed by atoms with Crippen LogP contribution in [-0.2, 0) is 12.6 Å². The second-order valence-corrected chi connectivity index (χ2v) is 7.79. The van der Waals surface area contributed by atoms with Crippen molar-refractivity contribution in [2.75, 3.05) is 11.9 Å². The molecule has 1 aliphatic rings. The minimum atomic E-state index is -4.44. The second-order valence-electron chi connectivity index (χ2n) is 7.38. The number of alkyl halides is 3. The van der Waals surface area contributed by atoms with E-state index in [0.717, 1.165) is 66.1 Å². The van der Waals surface area contributed by atoms with E-state index in [1.165, 1.54) is 6.07 Å². The van der Waals surface area contributed by atoms with Crippen LogP contribution in [0.1, 0.15) is 35.1 Å². The lowest BCUT2D eigenvalue weighted by atomic mass is 10.0. The molecule has 0 atom stereocenters. The summed E-state index contributed by atoms with van der Waals surface area (Å²) in [5.74, 6) is 0.833. The van der Waals surface area contributed by atoms with Gasteiger partial charge >= 0.3 is 6.18 Å². The molecule has 29 heavy (non-hydrogen) atoms. The van der Waals surface area contributed by atoms with Gasteiger partial charge in [-0.1, -0.05) is 23.7 Å². The zero-order valence-corrected chi connectivity index (χ0v) is 17.0. The number of anilines is 1. The third kappa shape index (κ3) is 3.62. The molecule has 7 heteroatoms. The molecule has 0 spiro atoms. The first-order valence-electron chi connectivity index (χ1n) is 9.57. The Labute approximate surface area is 172 Å². The molecule has 2 aromatic carbocycles. The van der Waals surface area contributed by atoms with Crippen LogP contribution >= 0.6 is 11.6 Å². The first-order chi connectivity index (χ1) is 13.8. The van der Waals surface area contributed by atoms with Crippen molar-refractivity contribution < 1.29 is 13.2 Å². The van der Waals surface area contributed by atoms with Crippen molar-refractivity contribution in [2.24, 2.45) is 0 Å². The number of halogens is 4. The average Bonchev–Trinajstić information content (AvgIpc) is 2.85. The summed E-state index contributed by atoms with van der Waals surface area (Å²) in [5.41, 5.74) is 4.10. The van der Waals surface area contributed by atoms with Gasteiger partial charge < -0.3 is 5.32 Å². The lowest BCUT2D eigenvalue weighted by Crippen LogP contribution is -2.08. The molecule has 3 aromatic rings. The Morgan fingerprint density at radius 3 is 2.66 bits per heavy atom.